The Hall–Kier alpha value is -2.82. The van der Waals surface area contributed by atoms with Gasteiger partial charge in [-0.15, -0.1) is 0 Å². The van der Waals surface area contributed by atoms with E-state index in [2.05, 4.69) is 0 Å². The van der Waals surface area contributed by atoms with Gasteiger partial charge in [0.15, 0.2) is 6.29 Å². The number of ether oxygens (including phenoxy) is 1. The van der Waals surface area contributed by atoms with Gasteiger partial charge in [0.2, 0.25) is 0 Å². The van der Waals surface area contributed by atoms with Crippen molar-refractivity contribution in [3.63, 3.8) is 0 Å². The molecule has 4 nitrogen and oxygen atoms in total. The van der Waals surface area contributed by atoms with Crippen molar-refractivity contribution in [3.05, 3.63) is 95.1 Å². The second-order valence-electron chi connectivity index (χ2n) is 5.83. The largest absolute Gasteiger partial charge is 0.508 e. The highest BCUT2D eigenvalue weighted by molar-refractivity contribution is 5.54. The highest BCUT2D eigenvalue weighted by Gasteiger charge is 2.47. The van der Waals surface area contributed by atoms with E-state index in [1.807, 2.05) is 24.3 Å². The lowest BCUT2D eigenvalue weighted by Gasteiger charge is -2.31. The molecule has 1 unspecified atom stereocenters. The molecule has 0 bridgehead atoms. The average molecular weight is 320 g/mol. The molecule has 0 spiro atoms. The molecule has 3 aromatic rings. The summed E-state index contributed by atoms with van der Waals surface area (Å²) in [7, 11) is 0. The number of aliphatic hydroxyl groups excluding tert-OH is 1. The average Bonchev–Trinajstić information content (AvgIpc) is 2.91. The first-order valence-electron chi connectivity index (χ1n) is 7.65. The monoisotopic (exact) mass is 320 g/mol. The number of phenols is 2. The number of hydrogen-bond donors (Lipinski definition) is 3. The first-order valence-corrected chi connectivity index (χ1v) is 7.65. The number of hydrogen-bond acceptors (Lipinski definition) is 4. The van der Waals surface area contributed by atoms with Gasteiger partial charge in [-0.3, -0.25) is 0 Å². The normalized spacial score (nSPS) is 18.3. The van der Waals surface area contributed by atoms with Gasteiger partial charge in [-0.2, -0.15) is 0 Å². The van der Waals surface area contributed by atoms with Crippen molar-refractivity contribution >= 4 is 0 Å². The molecule has 0 aliphatic carbocycles. The minimum absolute atomic E-state index is 0.159. The van der Waals surface area contributed by atoms with Crippen molar-refractivity contribution in [1.29, 1.82) is 0 Å². The molecule has 4 rings (SSSR count). The summed E-state index contributed by atoms with van der Waals surface area (Å²) in [4.78, 5) is 0. The lowest BCUT2D eigenvalue weighted by Crippen LogP contribution is -2.29. The number of fused-ring (bicyclic) bond motifs is 1. The summed E-state index contributed by atoms with van der Waals surface area (Å²) in [6.45, 7) is 0. The van der Waals surface area contributed by atoms with Crippen LogP contribution in [0.15, 0.2) is 72.8 Å². The summed E-state index contributed by atoms with van der Waals surface area (Å²) < 4.78 is 6.06. The fourth-order valence-corrected chi connectivity index (χ4v) is 3.33. The van der Waals surface area contributed by atoms with E-state index in [9.17, 15) is 15.3 Å². The van der Waals surface area contributed by atoms with Crippen molar-refractivity contribution in [1.82, 2.24) is 0 Å². The summed E-state index contributed by atoms with van der Waals surface area (Å²) in [6.07, 6.45) is -1.05. The molecule has 3 N–H and O–H groups in total. The van der Waals surface area contributed by atoms with E-state index >= 15 is 0 Å². The molecule has 0 aromatic heterocycles. The molecule has 3 aromatic carbocycles. The fraction of sp³-hybridized carbons (Fsp3) is 0.100. The summed E-state index contributed by atoms with van der Waals surface area (Å²) in [5.74, 6) is 0.317. The van der Waals surface area contributed by atoms with Gasteiger partial charge in [-0.05, 0) is 35.4 Å². The summed E-state index contributed by atoms with van der Waals surface area (Å²) >= 11 is 0. The van der Waals surface area contributed by atoms with Crippen molar-refractivity contribution < 1.29 is 20.1 Å². The van der Waals surface area contributed by atoms with Crippen LogP contribution in [0.4, 0.5) is 0 Å². The molecule has 120 valence electrons. The van der Waals surface area contributed by atoms with E-state index in [0.717, 1.165) is 16.7 Å². The molecule has 0 radical (unpaired) electrons. The second kappa shape index (κ2) is 5.37. The van der Waals surface area contributed by atoms with Gasteiger partial charge in [-0.25, -0.2) is 0 Å². The first kappa shape index (κ1) is 14.8. The third-order valence-electron chi connectivity index (χ3n) is 4.44. The lowest BCUT2D eigenvalue weighted by molar-refractivity contribution is -0.140. The summed E-state index contributed by atoms with van der Waals surface area (Å²) in [5.41, 5.74) is 2.12. The van der Waals surface area contributed by atoms with Gasteiger partial charge in [0.25, 0.3) is 0 Å². The van der Waals surface area contributed by atoms with E-state index in [-0.39, 0.29) is 11.5 Å². The lowest BCUT2D eigenvalue weighted by atomic mass is 9.80. The molecule has 4 heteroatoms. The van der Waals surface area contributed by atoms with Crippen molar-refractivity contribution in [3.8, 4) is 11.5 Å². The Morgan fingerprint density at radius 3 is 1.75 bits per heavy atom. The quantitative estimate of drug-likeness (QED) is 0.677. The summed E-state index contributed by atoms with van der Waals surface area (Å²) in [5, 5.41) is 29.7. The van der Waals surface area contributed by atoms with E-state index in [1.165, 1.54) is 0 Å². The van der Waals surface area contributed by atoms with Crippen LogP contribution in [0.5, 0.6) is 11.5 Å². The van der Waals surface area contributed by atoms with Gasteiger partial charge < -0.3 is 20.1 Å². The Balaban J connectivity index is 2.01. The molecule has 1 heterocycles. The van der Waals surface area contributed by atoms with Crippen LogP contribution in [0.25, 0.3) is 0 Å². The zero-order chi connectivity index (χ0) is 16.7. The highest BCUT2D eigenvalue weighted by Crippen LogP contribution is 2.51. The smallest absolute Gasteiger partial charge is 0.183 e. The number of aliphatic hydroxyl groups is 1. The third kappa shape index (κ3) is 2.08. The maximum atomic E-state index is 10.4. The van der Waals surface area contributed by atoms with Crippen LogP contribution in [0.1, 0.15) is 28.5 Å². The van der Waals surface area contributed by atoms with Crippen molar-refractivity contribution in [2.75, 3.05) is 0 Å². The van der Waals surface area contributed by atoms with Gasteiger partial charge in [0.1, 0.15) is 17.1 Å². The molecule has 0 fully saturated rings. The van der Waals surface area contributed by atoms with Crippen molar-refractivity contribution in [2.24, 2.45) is 0 Å². The topological polar surface area (TPSA) is 69.9 Å². The highest BCUT2D eigenvalue weighted by atomic mass is 16.6. The molecular weight excluding hydrogens is 304 g/mol. The Labute approximate surface area is 139 Å². The zero-order valence-corrected chi connectivity index (χ0v) is 12.8. The Morgan fingerprint density at radius 2 is 1.21 bits per heavy atom. The van der Waals surface area contributed by atoms with Crippen LogP contribution in [0, 0.1) is 0 Å². The number of benzene rings is 3. The van der Waals surface area contributed by atoms with E-state index in [4.69, 9.17) is 4.74 Å². The second-order valence-corrected chi connectivity index (χ2v) is 5.83. The molecule has 0 saturated carbocycles. The fourth-order valence-electron chi connectivity index (χ4n) is 3.33. The predicted octanol–water partition coefficient (Wildman–Crippen LogP) is 3.41. The minimum Gasteiger partial charge on any atom is -0.508 e. The maximum absolute atomic E-state index is 10.4. The number of phenolic OH excluding ortho intramolecular Hbond substituents is 2. The SMILES string of the molecule is Oc1ccc(C2(c3ccc(O)cc3)OC(O)c3ccccc32)cc1. The van der Waals surface area contributed by atoms with Gasteiger partial charge in [0.05, 0.1) is 0 Å². The molecule has 0 saturated heterocycles. The Bertz CT molecular complexity index is 823. The molecule has 24 heavy (non-hydrogen) atoms. The predicted molar refractivity (Wildman–Crippen MR) is 88.6 cm³/mol. The number of rotatable bonds is 2. The van der Waals surface area contributed by atoms with Crippen molar-refractivity contribution in [2.45, 2.75) is 11.9 Å². The molecule has 1 atom stereocenters. The minimum atomic E-state index is -1.05. The van der Waals surface area contributed by atoms with Crippen LogP contribution in [-0.2, 0) is 10.3 Å². The molecule has 1 aliphatic heterocycles. The molecular formula is C20H16O4. The summed E-state index contributed by atoms with van der Waals surface area (Å²) in [6, 6.07) is 21.0. The Morgan fingerprint density at radius 1 is 0.708 bits per heavy atom. The van der Waals surface area contributed by atoms with Crippen LogP contribution in [-0.4, -0.2) is 15.3 Å². The van der Waals surface area contributed by atoms with Crippen LogP contribution in [0.2, 0.25) is 0 Å². The first-order chi connectivity index (χ1) is 11.6. The van der Waals surface area contributed by atoms with Gasteiger partial charge in [0, 0.05) is 11.1 Å². The zero-order valence-electron chi connectivity index (χ0n) is 12.8. The van der Waals surface area contributed by atoms with Crippen LogP contribution in [0.3, 0.4) is 0 Å². The van der Waals surface area contributed by atoms with Gasteiger partial charge >= 0.3 is 0 Å². The number of aromatic hydroxyl groups is 2. The Kier molecular flexibility index (Phi) is 3.30. The standard InChI is InChI=1S/C20H16O4/c21-15-9-5-13(6-10-15)20(14-7-11-16(22)12-8-14)18-4-2-1-3-17(18)19(23)24-20/h1-12,19,21-23H. The van der Waals surface area contributed by atoms with Crippen LogP contribution < -0.4 is 0 Å². The maximum Gasteiger partial charge on any atom is 0.183 e. The van der Waals surface area contributed by atoms with Crippen LogP contribution >= 0.6 is 0 Å². The van der Waals surface area contributed by atoms with E-state index < -0.39 is 11.9 Å². The van der Waals surface area contributed by atoms with Gasteiger partial charge in [-0.1, -0.05) is 48.5 Å². The molecule has 1 aliphatic rings. The third-order valence-corrected chi connectivity index (χ3v) is 4.44. The van der Waals surface area contributed by atoms with E-state index in [0.29, 0.717) is 5.56 Å². The van der Waals surface area contributed by atoms with E-state index in [1.54, 1.807) is 48.5 Å². The molecule has 0 amide bonds.